The lowest BCUT2D eigenvalue weighted by molar-refractivity contribution is 0.0749. The van der Waals surface area contributed by atoms with E-state index in [0.29, 0.717) is 6.04 Å². The zero-order chi connectivity index (χ0) is 14.4. The maximum atomic E-state index is 9.50. The molecule has 0 aliphatic heterocycles. The fourth-order valence-corrected chi connectivity index (χ4v) is 3.19. The van der Waals surface area contributed by atoms with Gasteiger partial charge in [-0.3, -0.25) is 5.32 Å². The van der Waals surface area contributed by atoms with Gasteiger partial charge >= 0.3 is 0 Å². The molecule has 2 rings (SSSR count). The maximum Gasteiger partial charge on any atom is 0.108 e. The molecular formula is C16H29N3O. The van der Waals surface area contributed by atoms with Crippen molar-refractivity contribution in [3.63, 3.8) is 0 Å². The quantitative estimate of drug-likeness (QED) is 0.692. The average molecular weight is 279 g/mol. The summed E-state index contributed by atoms with van der Waals surface area (Å²) in [7, 11) is 2.17. The molecule has 0 spiro atoms. The van der Waals surface area contributed by atoms with Crippen LogP contribution in [0.25, 0.3) is 0 Å². The van der Waals surface area contributed by atoms with Crippen molar-refractivity contribution < 1.29 is 4.74 Å². The molecule has 4 heteroatoms. The van der Waals surface area contributed by atoms with Gasteiger partial charge in [-0.1, -0.05) is 6.92 Å². The summed E-state index contributed by atoms with van der Waals surface area (Å²) in [5.41, 5.74) is -0.305. The van der Waals surface area contributed by atoms with E-state index in [2.05, 4.69) is 30.3 Å². The van der Waals surface area contributed by atoms with Crippen molar-refractivity contribution in [1.82, 2.24) is 10.2 Å². The van der Waals surface area contributed by atoms with Gasteiger partial charge in [-0.25, -0.2) is 0 Å². The molecule has 0 saturated heterocycles. The van der Waals surface area contributed by atoms with Gasteiger partial charge in [0.1, 0.15) is 5.54 Å². The molecule has 0 amide bonds. The SMILES string of the molecule is CCNC1(C#N)CCCC(N(C)CCOCC2CC2)C1. The minimum Gasteiger partial charge on any atom is -0.380 e. The van der Waals surface area contributed by atoms with Gasteiger partial charge in [0.15, 0.2) is 0 Å². The van der Waals surface area contributed by atoms with Gasteiger partial charge in [0.25, 0.3) is 0 Å². The minimum atomic E-state index is -0.305. The number of rotatable bonds is 8. The van der Waals surface area contributed by atoms with Gasteiger partial charge in [0, 0.05) is 19.2 Å². The largest absolute Gasteiger partial charge is 0.380 e. The maximum absolute atomic E-state index is 9.50. The van der Waals surface area contributed by atoms with Crippen molar-refractivity contribution in [3.05, 3.63) is 0 Å². The van der Waals surface area contributed by atoms with E-state index < -0.39 is 0 Å². The summed E-state index contributed by atoms with van der Waals surface area (Å²) < 4.78 is 5.72. The fraction of sp³-hybridized carbons (Fsp3) is 0.938. The third-order valence-corrected chi connectivity index (χ3v) is 4.72. The summed E-state index contributed by atoms with van der Waals surface area (Å²) in [5.74, 6) is 0.843. The summed E-state index contributed by atoms with van der Waals surface area (Å²) in [6.45, 7) is 5.69. The Hall–Kier alpha value is -0.630. The lowest BCUT2D eigenvalue weighted by atomic mass is 9.79. The summed E-state index contributed by atoms with van der Waals surface area (Å²) in [4.78, 5) is 2.38. The number of nitriles is 1. The molecule has 0 aromatic rings. The highest BCUT2D eigenvalue weighted by molar-refractivity contribution is 5.10. The summed E-state index contributed by atoms with van der Waals surface area (Å²) >= 11 is 0. The van der Waals surface area contributed by atoms with Crippen LogP contribution in [0, 0.1) is 17.2 Å². The molecule has 0 radical (unpaired) electrons. The number of hydrogen-bond acceptors (Lipinski definition) is 4. The monoisotopic (exact) mass is 279 g/mol. The number of ether oxygens (including phenoxy) is 1. The molecule has 1 N–H and O–H groups in total. The molecule has 20 heavy (non-hydrogen) atoms. The van der Waals surface area contributed by atoms with Gasteiger partial charge in [-0.2, -0.15) is 5.26 Å². The van der Waals surface area contributed by atoms with Crippen LogP contribution in [0.2, 0.25) is 0 Å². The van der Waals surface area contributed by atoms with Crippen LogP contribution in [0.5, 0.6) is 0 Å². The highest BCUT2D eigenvalue weighted by atomic mass is 16.5. The van der Waals surface area contributed by atoms with Crippen LogP contribution in [-0.2, 0) is 4.74 Å². The zero-order valence-corrected chi connectivity index (χ0v) is 13.0. The van der Waals surface area contributed by atoms with E-state index in [9.17, 15) is 5.26 Å². The highest BCUT2D eigenvalue weighted by Gasteiger charge is 2.37. The topological polar surface area (TPSA) is 48.3 Å². The number of likely N-dealkylation sites (N-methyl/N-ethyl adjacent to an activating group) is 1. The van der Waals surface area contributed by atoms with E-state index in [0.717, 1.165) is 51.5 Å². The molecule has 2 aliphatic carbocycles. The Morgan fingerprint density at radius 3 is 2.85 bits per heavy atom. The molecular weight excluding hydrogens is 250 g/mol. The molecule has 2 aliphatic rings. The number of nitrogens with one attached hydrogen (secondary N) is 1. The third kappa shape index (κ3) is 4.44. The van der Waals surface area contributed by atoms with Crippen molar-refractivity contribution in [3.8, 4) is 6.07 Å². The van der Waals surface area contributed by atoms with E-state index in [-0.39, 0.29) is 5.54 Å². The molecule has 0 aromatic heterocycles. The second-order valence-corrected chi connectivity index (χ2v) is 6.47. The second-order valence-electron chi connectivity index (χ2n) is 6.47. The van der Waals surface area contributed by atoms with E-state index in [1.54, 1.807) is 0 Å². The van der Waals surface area contributed by atoms with Gasteiger partial charge in [-0.05, 0) is 58.0 Å². The van der Waals surface area contributed by atoms with Crippen LogP contribution in [0.3, 0.4) is 0 Å². The molecule has 2 saturated carbocycles. The minimum absolute atomic E-state index is 0.305. The molecule has 2 unspecified atom stereocenters. The fourth-order valence-electron chi connectivity index (χ4n) is 3.19. The van der Waals surface area contributed by atoms with Crippen LogP contribution >= 0.6 is 0 Å². The zero-order valence-electron chi connectivity index (χ0n) is 13.0. The Kier molecular flexibility index (Phi) is 5.83. The second kappa shape index (κ2) is 7.40. The molecule has 2 fully saturated rings. The summed E-state index contributed by atoms with van der Waals surface area (Å²) in [6.07, 6.45) is 6.97. The standard InChI is InChI=1S/C16H29N3O/c1-3-18-16(13-17)8-4-5-15(11-16)19(2)9-10-20-12-14-6-7-14/h14-15,18H,3-12H2,1-2H3. The van der Waals surface area contributed by atoms with Crippen molar-refractivity contribution in [2.24, 2.45) is 5.92 Å². The lowest BCUT2D eigenvalue weighted by Crippen LogP contribution is -2.52. The Morgan fingerprint density at radius 1 is 1.40 bits per heavy atom. The number of hydrogen-bond donors (Lipinski definition) is 1. The Bertz CT molecular complexity index is 333. The van der Waals surface area contributed by atoms with Gasteiger partial charge in [0.05, 0.1) is 12.7 Å². The van der Waals surface area contributed by atoms with Crippen molar-refractivity contribution in [1.29, 1.82) is 5.26 Å². The van der Waals surface area contributed by atoms with Gasteiger partial charge < -0.3 is 9.64 Å². The van der Waals surface area contributed by atoms with Gasteiger partial charge in [-0.15, -0.1) is 0 Å². The van der Waals surface area contributed by atoms with Crippen molar-refractivity contribution in [2.45, 2.75) is 57.0 Å². The first-order valence-electron chi connectivity index (χ1n) is 8.13. The Morgan fingerprint density at radius 2 is 2.20 bits per heavy atom. The van der Waals surface area contributed by atoms with Crippen LogP contribution in [-0.4, -0.2) is 49.8 Å². The van der Waals surface area contributed by atoms with Crippen molar-refractivity contribution in [2.75, 3.05) is 33.4 Å². The first-order valence-corrected chi connectivity index (χ1v) is 8.13. The molecule has 4 nitrogen and oxygen atoms in total. The smallest absolute Gasteiger partial charge is 0.108 e. The number of nitrogens with zero attached hydrogens (tertiary/aromatic N) is 2. The van der Waals surface area contributed by atoms with Crippen molar-refractivity contribution >= 4 is 0 Å². The predicted octanol–water partition coefficient (Wildman–Crippen LogP) is 2.16. The van der Waals surface area contributed by atoms with E-state index in [1.807, 2.05) is 0 Å². The summed E-state index contributed by atoms with van der Waals surface area (Å²) in [6, 6.07) is 3.03. The molecule has 0 bridgehead atoms. The Labute approximate surface area is 123 Å². The predicted molar refractivity (Wildman–Crippen MR) is 80.4 cm³/mol. The molecule has 0 aromatic carbocycles. The Balaban J connectivity index is 1.73. The first-order chi connectivity index (χ1) is 9.69. The first kappa shape index (κ1) is 15.8. The summed E-state index contributed by atoms with van der Waals surface area (Å²) in [5, 5.41) is 12.9. The molecule has 0 heterocycles. The third-order valence-electron chi connectivity index (χ3n) is 4.72. The average Bonchev–Trinajstić information content (AvgIpc) is 3.28. The van der Waals surface area contributed by atoms with Gasteiger partial charge in [0.2, 0.25) is 0 Å². The normalized spacial score (nSPS) is 30.4. The van der Waals surface area contributed by atoms with Crippen LogP contribution in [0.1, 0.15) is 45.4 Å². The highest BCUT2D eigenvalue weighted by Crippen LogP contribution is 2.31. The lowest BCUT2D eigenvalue weighted by Gasteiger charge is -2.40. The molecule has 2 atom stereocenters. The molecule has 114 valence electrons. The van der Waals surface area contributed by atoms with Crippen LogP contribution in [0.4, 0.5) is 0 Å². The van der Waals surface area contributed by atoms with Crippen LogP contribution < -0.4 is 5.32 Å². The van der Waals surface area contributed by atoms with Crippen LogP contribution in [0.15, 0.2) is 0 Å². The van der Waals surface area contributed by atoms with E-state index >= 15 is 0 Å². The van der Waals surface area contributed by atoms with E-state index in [1.165, 1.54) is 19.3 Å². The van der Waals surface area contributed by atoms with E-state index in [4.69, 9.17) is 4.74 Å².